The lowest BCUT2D eigenvalue weighted by molar-refractivity contribution is -0.139. The number of aryl methyl sites for hydroxylation is 3. The number of aliphatic carboxylic acids is 1. The zero-order valence-corrected chi connectivity index (χ0v) is 13.8. The number of benzene rings is 2. The number of anilines is 1. The molecule has 0 unspecified atom stereocenters. The molecular formula is C19H21NO4. The molecule has 0 spiro atoms. The number of amides is 1. The van der Waals surface area contributed by atoms with Crippen LogP contribution in [0.2, 0.25) is 0 Å². The molecule has 0 atom stereocenters. The van der Waals surface area contributed by atoms with Crippen molar-refractivity contribution in [2.45, 2.75) is 26.7 Å². The molecule has 0 saturated heterocycles. The number of carboxylic acids is 1. The van der Waals surface area contributed by atoms with Gasteiger partial charge in [0.05, 0.1) is 0 Å². The maximum Gasteiger partial charge on any atom is 0.341 e. The minimum absolute atomic E-state index is 0.0923. The smallest absolute Gasteiger partial charge is 0.341 e. The lowest BCUT2D eigenvalue weighted by atomic mass is 10.0. The van der Waals surface area contributed by atoms with Crippen LogP contribution in [0.1, 0.15) is 23.1 Å². The van der Waals surface area contributed by atoms with Crippen LogP contribution in [0, 0.1) is 13.8 Å². The third-order valence-electron chi connectivity index (χ3n) is 3.60. The van der Waals surface area contributed by atoms with Gasteiger partial charge in [0.15, 0.2) is 6.61 Å². The molecule has 2 aromatic carbocycles. The van der Waals surface area contributed by atoms with Gasteiger partial charge in [-0.25, -0.2) is 4.79 Å². The first-order valence-corrected chi connectivity index (χ1v) is 7.74. The maximum absolute atomic E-state index is 12.1. The van der Waals surface area contributed by atoms with E-state index in [0.717, 1.165) is 5.56 Å². The maximum atomic E-state index is 12.1. The highest BCUT2D eigenvalue weighted by molar-refractivity contribution is 5.91. The highest BCUT2D eigenvalue weighted by Gasteiger charge is 2.06. The van der Waals surface area contributed by atoms with Crippen LogP contribution < -0.4 is 10.1 Å². The minimum atomic E-state index is -1.04. The number of nitrogens with one attached hydrogen (secondary N) is 1. The number of carbonyl (C=O) groups is 2. The first kappa shape index (κ1) is 17.5. The van der Waals surface area contributed by atoms with E-state index in [9.17, 15) is 9.59 Å². The Labute approximate surface area is 141 Å². The summed E-state index contributed by atoms with van der Waals surface area (Å²) < 4.78 is 5.10. The summed E-state index contributed by atoms with van der Waals surface area (Å²) >= 11 is 0. The summed E-state index contributed by atoms with van der Waals surface area (Å²) in [4.78, 5) is 22.6. The normalized spacial score (nSPS) is 10.2. The number of hydrogen-bond acceptors (Lipinski definition) is 3. The van der Waals surface area contributed by atoms with Crippen LogP contribution in [-0.2, 0) is 16.0 Å². The standard InChI is InChI=1S/C19H21NO4/c1-13-6-7-15(14(2)10-13)8-9-18(21)20-16-4-3-5-17(11-16)24-12-19(22)23/h3-7,10-11H,8-9,12H2,1-2H3,(H,20,21)(H,22,23). The number of carboxylic acid groups (broad SMARTS) is 1. The van der Waals surface area contributed by atoms with Crippen molar-refractivity contribution in [2.75, 3.05) is 11.9 Å². The van der Waals surface area contributed by atoms with E-state index in [-0.39, 0.29) is 5.91 Å². The Hall–Kier alpha value is -2.82. The summed E-state index contributed by atoms with van der Waals surface area (Å²) in [7, 11) is 0. The summed E-state index contributed by atoms with van der Waals surface area (Å²) in [5.41, 5.74) is 4.14. The van der Waals surface area contributed by atoms with Crippen molar-refractivity contribution < 1.29 is 19.4 Å². The predicted molar refractivity (Wildman–Crippen MR) is 92.4 cm³/mol. The van der Waals surface area contributed by atoms with Gasteiger partial charge in [0.25, 0.3) is 0 Å². The molecule has 2 rings (SSSR count). The number of rotatable bonds is 7. The molecule has 0 bridgehead atoms. The molecule has 1 amide bonds. The first-order chi connectivity index (χ1) is 11.4. The van der Waals surface area contributed by atoms with Gasteiger partial charge < -0.3 is 15.2 Å². The van der Waals surface area contributed by atoms with Crippen LogP contribution in [0.3, 0.4) is 0 Å². The van der Waals surface area contributed by atoms with E-state index in [1.165, 1.54) is 11.1 Å². The Kier molecular flexibility index (Phi) is 5.95. The van der Waals surface area contributed by atoms with Gasteiger partial charge in [-0.15, -0.1) is 0 Å². The second-order valence-corrected chi connectivity index (χ2v) is 5.69. The van der Waals surface area contributed by atoms with Crippen molar-refractivity contribution in [2.24, 2.45) is 0 Å². The second-order valence-electron chi connectivity index (χ2n) is 5.69. The molecule has 0 heterocycles. The van der Waals surface area contributed by atoms with E-state index in [1.807, 2.05) is 19.9 Å². The average molecular weight is 327 g/mol. The van der Waals surface area contributed by atoms with Gasteiger partial charge in [-0.05, 0) is 43.5 Å². The van der Waals surface area contributed by atoms with Gasteiger partial charge in [-0.1, -0.05) is 29.8 Å². The Balaban J connectivity index is 1.90. The molecule has 0 aliphatic carbocycles. The van der Waals surface area contributed by atoms with Crippen molar-refractivity contribution in [1.29, 1.82) is 0 Å². The van der Waals surface area contributed by atoms with Gasteiger partial charge in [0, 0.05) is 18.2 Å². The number of carbonyl (C=O) groups excluding carboxylic acids is 1. The zero-order valence-electron chi connectivity index (χ0n) is 13.8. The van der Waals surface area contributed by atoms with E-state index >= 15 is 0 Å². The Bertz CT molecular complexity index is 740. The summed E-state index contributed by atoms with van der Waals surface area (Å²) in [6.07, 6.45) is 1.05. The average Bonchev–Trinajstić information content (AvgIpc) is 2.52. The third kappa shape index (κ3) is 5.43. The van der Waals surface area contributed by atoms with E-state index in [1.54, 1.807) is 24.3 Å². The van der Waals surface area contributed by atoms with Crippen LogP contribution >= 0.6 is 0 Å². The molecule has 0 aromatic heterocycles. The van der Waals surface area contributed by atoms with E-state index in [0.29, 0.717) is 24.3 Å². The summed E-state index contributed by atoms with van der Waals surface area (Å²) in [6.45, 7) is 3.68. The van der Waals surface area contributed by atoms with Crippen molar-refractivity contribution >= 4 is 17.6 Å². The number of ether oxygens (including phenoxy) is 1. The van der Waals surface area contributed by atoms with Crippen LogP contribution in [0.5, 0.6) is 5.75 Å². The van der Waals surface area contributed by atoms with E-state index in [4.69, 9.17) is 9.84 Å². The lowest BCUT2D eigenvalue weighted by Gasteiger charge is -2.09. The van der Waals surface area contributed by atoms with Crippen LogP contribution in [0.15, 0.2) is 42.5 Å². The Morgan fingerprint density at radius 1 is 1.12 bits per heavy atom. The topological polar surface area (TPSA) is 75.6 Å². The summed E-state index contributed by atoms with van der Waals surface area (Å²) in [5.74, 6) is -0.729. The quantitative estimate of drug-likeness (QED) is 0.818. The molecule has 0 aliphatic heterocycles. The molecule has 0 fully saturated rings. The molecule has 0 aliphatic rings. The Morgan fingerprint density at radius 2 is 1.92 bits per heavy atom. The van der Waals surface area contributed by atoms with Crippen molar-refractivity contribution in [3.8, 4) is 5.75 Å². The third-order valence-corrected chi connectivity index (χ3v) is 3.60. The second kappa shape index (κ2) is 8.15. The Morgan fingerprint density at radius 3 is 2.62 bits per heavy atom. The molecule has 5 heteroatoms. The fraction of sp³-hybridized carbons (Fsp3) is 0.263. The van der Waals surface area contributed by atoms with Crippen LogP contribution in [0.25, 0.3) is 0 Å². The first-order valence-electron chi connectivity index (χ1n) is 7.74. The minimum Gasteiger partial charge on any atom is -0.482 e. The molecule has 24 heavy (non-hydrogen) atoms. The fourth-order valence-electron chi connectivity index (χ4n) is 2.41. The molecule has 2 aromatic rings. The highest BCUT2D eigenvalue weighted by Crippen LogP contribution is 2.18. The van der Waals surface area contributed by atoms with Gasteiger partial charge >= 0.3 is 5.97 Å². The van der Waals surface area contributed by atoms with Crippen molar-refractivity contribution in [3.63, 3.8) is 0 Å². The lowest BCUT2D eigenvalue weighted by Crippen LogP contribution is -2.13. The highest BCUT2D eigenvalue weighted by atomic mass is 16.5. The molecule has 0 saturated carbocycles. The van der Waals surface area contributed by atoms with Crippen LogP contribution in [-0.4, -0.2) is 23.6 Å². The fourth-order valence-corrected chi connectivity index (χ4v) is 2.41. The van der Waals surface area contributed by atoms with Gasteiger partial charge in [0.1, 0.15) is 5.75 Å². The monoisotopic (exact) mass is 327 g/mol. The van der Waals surface area contributed by atoms with Crippen molar-refractivity contribution in [3.05, 3.63) is 59.2 Å². The largest absolute Gasteiger partial charge is 0.482 e. The number of hydrogen-bond donors (Lipinski definition) is 2. The predicted octanol–water partition coefficient (Wildman–Crippen LogP) is 3.34. The van der Waals surface area contributed by atoms with Crippen LogP contribution in [0.4, 0.5) is 5.69 Å². The van der Waals surface area contributed by atoms with Gasteiger partial charge in [-0.2, -0.15) is 0 Å². The summed E-state index contributed by atoms with van der Waals surface area (Å²) in [5, 5.41) is 11.4. The van der Waals surface area contributed by atoms with Gasteiger partial charge in [-0.3, -0.25) is 4.79 Å². The van der Waals surface area contributed by atoms with E-state index in [2.05, 4.69) is 17.4 Å². The molecule has 2 N–H and O–H groups in total. The molecule has 5 nitrogen and oxygen atoms in total. The van der Waals surface area contributed by atoms with Crippen molar-refractivity contribution in [1.82, 2.24) is 0 Å². The zero-order chi connectivity index (χ0) is 17.5. The SMILES string of the molecule is Cc1ccc(CCC(=O)Nc2cccc(OCC(=O)O)c2)c(C)c1. The van der Waals surface area contributed by atoms with E-state index < -0.39 is 12.6 Å². The van der Waals surface area contributed by atoms with Gasteiger partial charge in [0.2, 0.25) is 5.91 Å². The molecule has 126 valence electrons. The molecule has 0 radical (unpaired) electrons. The summed E-state index contributed by atoms with van der Waals surface area (Å²) in [6, 6.07) is 12.9. The molecular weight excluding hydrogens is 306 g/mol.